The quantitative estimate of drug-likeness (QED) is 0.820. The minimum Gasteiger partial charge on any atom is -0.368 e. The molecule has 6 nitrogen and oxygen atoms in total. The average Bonchev–Trinajstić information content (AvgIpc) is 2.76. The Morgan fingerprint density at radius 3 is 2.18 bits per heavy atom. The zero-order chi connectivity index (χ0) is 19.5. The van der Waals surface area contributed by atoms with E-state index in [1.807, 2.05) is 4.90 Å². The summed E-state index contributed by atoms with van der Waals surface area (Å²) in [6.07, 6.45) is 6.78. The molecule has 0 unspecified atom stereocenters. The largest absolute Gasteiger partial charge is 0.368 e. The van der Waals surface area contributed by atoms with E-state index in [9.17, 15) is 4.79 Å². The molecule has 0 spiro atoms. The van der Waals surface area contributed by atoms with Gasteiger partial charge in [-0.3, -0.25) is 4.79 Å². The number of amides is 1. The maximum absolute atomic E-state index is 12.6. The number of hydrogen-bond donors (Lipinski definition) is 0. The van der Waals surface area contributed by atoms with Gasteiger partial charge in [0.2, 0.25) is 5.95 Å². The van der Waals surface area contributed by atoms with Gasteiger partial charge in [0.05, 0.1) is 5.56 Å². The summed E-state index contributed by atoms with van der Waals surface area (Å²) in [5.74, 6) is 0.779. The predicted octanol–water partition coefficient (Wildman–Crippen LogP) is 3.05. The second-order valence-corrected chi connectivity index (χ2v) is 7.82. The fourth-order valence-electron chi connectivity index (χ4n) is 4.10. The molecule has 0 N–H and O–H groups in total. The third kappa shape index (κ3) is 3.81. The molecule has 2 saturated heterocycles. The van der Waals surface area contributed by atoms with Crippen LogP contribution in [0.25, 0.3) is 0 Å². The maximum Gasteiger partial charge on any atom is 0.256 e. The van der Waals surface area contributed by atoms with Crippen LogP contribution in [0.1, 0.15) is 40.7 Å². The number of likely N-dealkylation sites (tertiary alicyclic amines) is 1. The SMILES string of the molecule is Cc1cccc(N2CCN(c3ncc(C(=O)N4CCCCC4)cn3)CC2)c1C. The molecule has 1 aromatic heterocycles. The van der Waals surface area contributed by atoms with Crippen molar-refractivity contribution in [3.05, 3.63) is 47.3 Å². The van der Waals surface area contributed by atoms with Gasteiger partial charge in [-0.1, -0.05) is 12.1 Å². The molecule has 0 saturated carbocycles. The van der Waals surface area contributed by atoms with E-state index in [1.54, 1.807) is 12.4 Å². The van der Waals surface area contributed by atoms with Crippen LogP contribution in [0.3, 0.4) is 0 Å². The number of benzene rings is 1. The lowest BCUT2D eigenvalue weighted by atomic mass is 10.1. The Morgan fingerprint density at radius 1 is 0.857 bits per heavy atom. The number of aryl methyl sites for hydroxylation is 1. The lowest BCUT2D eigenvalue weighted by Gasteiger charge is -2.37. The van der Waals surface area contributed by atoms with Crippen LogP contribution in [0.2, 0.25) is 0 Å². The molecule has 0 atom stereocenters. The smallest absolute Gasteiger partial charge is 0.256 e. The van der Waals surface area contributed by atoms with Crippen LogP contribution in [-0.4, -0.2) is 60.0 Å². The van der Waals surface area contributed by atoms with Gasteiger partial charge in [-0.15, -0.1) is 0 Å². The zero-order valence-corrected chi connectivity index (χ0v) is 16.9. The van der Waals surface area contributed by atoms with Crippen LogP contribution in [0.5, 0.6) is 0 Å². The number of carbonyl (C=O) groups excluding carboxylic acids is 1. The highest BCUT2D eigenvalue weighted by molar-refractivity contribution is 5.93. The summed E-state index contributed by atoms with van der Waals surface area (Å²) in [7, 11) is 0. The van der Waals surface area contributed by atoms with Gasteiger partial charge in [-0.25, -0.2) is 9.97 Å². The van der Waals surface area contributed by atoms with Gasteiger partial charge in [0.1, 0.15) is 0 Å². The summed E-state index contributed by atoms with van der Waals surface area (Å²) in [6.45, 7) is 9.71. The van der Waals surface area contributed by atoms with Gasteiger partial charge >= 0.3 is 0 Å². The molecule has 2 fully saturated rings. The molecule has 1 amide bonds. The second-order valence-electron chi connectivity index (χ2n) is 7.82. The van der Waals surface area contributed by atoms with Gasteiger partial charge in [0, 0.05) is 57.3 Å². The third-order valence-electron chi connectivity index (χ3n) is 6.01. The summed E-state index contributed by atoms with van der Waals surface area (Å²) >= 11 is 0. The third-order valence-corrected chi connectivity index (χ3v) is 6.01. The van der Waals surface area contributed by atoms with Gasteiger partial charge in [-0.05, 0) is 50.3 Å². The van der Waals surface area contributed by atoms with Crippen molar-refractivity contribution in [3.8, 4) is 0 Å². The molecule has 1 aromatic carbocycles. The molecular weight excluding hydrogens is 350 g/mol. The molecular formula is C22H29N5O. The van der Waals surface area contributed by atoms with E-state index < -0.39 is 0 Å². The van der Waals surface area contributed by atoms with E-state index in [1.165, 1.54) is 23.2 Å². The predicted molar refractivity (Wildman–Crippen MR) is 112 cm³/mol. The number of aromatic nitrogens is 2. The lowest BCUT2D eigenvalue weighted by molar-refractivity contribution is 0.0723. The van der Waals surface area contributed by atoms with E-state index in [-0.39, 0.29) is 5.91 Å². The molecule has 148 valence electrons. The van der Waals surface area contributed by atoms with Crippen molar-refractivity contribution in [2.75, 3.05) is 49.1 Å². The number of nitrogens with zero attached hydrogens (tertiary/aromatic N) is 5. The number of piperidine rings is 1. The summed E-state index contributed by atoms with van der Waals surface area (Å²) in [5.41, 5.74) is 4.60. The first kappa shape index (κ1) is 18.7. The first-order valence-corrected chi connectivity index (χ1v) is 10.3. The molecule has 0 aliphatic carbocycles. The van der Waals surface area contributed by atoms with Crippen molar-refractivity contribution in [3.63, 3.8) is 0 Å². The minimum atomic E-state index is 0.0611. The van der Waals surface area contributed by atoms with Crippen LogP contribution < -0.4 is 9.80 Å². The van der Waals surface area contributed by atoms with Gasteiger partial charge in [0.25, 0.3) is 5.91 Å². The monoisotopic (exact) mass is 379 g/mol. The molecule has 2 aliphatic rings. The highest BCUT2D eigenvalue weighted by Gasteiger charge is 2.22. The second kappa shape index (κ2) is 8.17. The summed E-state index contributed by atoms with van der Waals surface area (Å²) in [4.78, 5) is 28.1. The van der Waals surface area contributed by atoms with Crippen LogP contribution in [0.4, 0.5) is 11.6 Å². The molecule has 3 heterocycles. The van der Waals surface area contributed by atoms with Gasteiger partial charge < -0.3 is 14.7 Å². The fraction of sp³-hybridized carbons (Fsp3) is 0.500. The molecule has 0 radical (unpaired) electrons. The Balaban J connectivity index is 1.38. The van der Waals surface area contributed by atoms with Crippen molar-refractivity contribution in [2.45, 2.75) is 33.1 Å². The molecule has 6 heteroatoms. The zero-order valence-electron chi connectivity index (χ0n) is 16.9. The fourth-order valence-corrected chi connectivity index (χ4v) is 4.10. The van der Waals surface area contributed by atoms with E-state index in [4.69, 9.17) is 0 Å². The van der Waals surface area contributed by atoms with Crippen molar-refractivity contribution in [1.29, 1.82) is 0 Å². The normalized spacial score (nSPS) is 17.7. The van der Waals surface area contributed by atoms with E-state index in [2.05, 4.69) is 51.8 Å². The van der Waals surface area contributed by atoms with Crippen LogP contribution in [-0.2, 0) is 0 Å². The number of hydrogen-bond acceptors (Lipinski definition) is 5. The van der Waals surface area contributed by atoms with Crippen molar-refractivity contribution in [1.82, 2.24) is 14.9 Å². The molecule has 0 bridgehead atoms. The Hall–Kier alpha value is -2.63. The molecule has 28 heavy (non-hydrogen) atoms. The Labute approximate surface area is 167 Å². The lowest BCUT2D eigenvalue weighted by Crippen LogP contribution is -2.47. The number of piperazine rings is 1. The average molecular weight is 380 g/mol. The summed E-state index contributed by atoms with van der Waals surface area (Å²) < 4.78 is 0. The topological polar surface area (TPSA) is 52.6 Å². The first-order valence-electron chi connectivity index (χ1n) is 10.3. The van der Waals surface area contributed by atoms with Crippen molar-refractivity contribution >= 4 is 17.5 Å². The van der Waals surface area contributed by atoms with E-state index >= 15 is 0 Å². The molecule has 2 aromatic rings. The Bertz CT molecular complexity index is 821. The van der Waals surface area contributed by atoms with Crippen LogP contribution in [0, 0.1) is 13.8 Å². The molecule has 4 rings (SSSR count). The van der Waals surface area contributed by atoms with Gasteiger partial charge in [0.15, 0.2) is 0 Å². The Morgan fingerprint density at radius 2 is 1.50 bits per heavy atom. The van der Waals surface area contributed by atoms with Crippen molar-refractivity contribution < 1.29 is 4.79 Å². The minimum absolute atomic E-state index is 0.0611. The summed E-state index contributed by atoms with van der Waals surface area (Å²) in [5, 5.41) is 0. The maximum atomic E-state index is 12.6. The van der Waals surface area contributed by atoms with E-state index in [0.717, 1.165) is 58.1 Å². The standard InChI is InChI=1S/C22H29N5O/c1-17-7-6-8-20(18(17)2)25-11-13-27(14-12-25)22-23-15-19(16-24-22)21(28)26-9-4-3-5-10-26/h6-8,15-16H,3-5,9-14H2,1-2H3. The van der Waals surface area contributed by atoms with Crippen LogP contribution in [0.15, 0.2) is 30.6 Å². The first-order chi connectivity index (χ1) is 13.6. The van der Waals surface area contributed by atoms with Crippen molar-refractivity contribution in [2.24, 2.45) is 0 Å². The highest BCUT2D eigenvalue weighted by atomic mass is 16.2. The number of carbonyl (C=O) groups is 1. The number of anilines is 2. The van der Waals surface area contributed by atoms with Crippen LogP contribution >= 0.6 is 0 Å². The summed E-state index contributed by atoms with van der Waals surface area (Å²) in [6, 6.07) is 6.50. The highest BCUT2D eigenvalue weighted by Crippen LogP contribution is 2.24. The van der Waals surface area contributed by atoms with Gasteiger partial charge in [-0.2, -0.15) is 0 Å². The Kier molecular flexibility index (Phi) is 5.46. The van der Waals surface area contributed by atoms with E-state index in [0.29, 0.717) is 5.56 Å². The number of rotatable bonds is 3. The molecule has 2 aliphatic heterocycles.